The number of nitrogens with one attached hydrogen (secondary N) is 1. The smallest absolute Gasteiger partial charge is 0.0594 e. The van der Waals surface area contributed by atoms with Crippen LogP contribution in [0.25, 0.3) is 0 Å². The molecular formula is C17H34N4O. The zero-order valence-electron chi connectivity index (χ0n) is 14.5. The van der Waals surface area contributed by atoms with Gasteiger partial charge in [-0.1, -0.05) is 0 Å². The average molecular weight is 310 g/mol. The van der Waals surface area contributed by atoms with E-state index in [4.69, 9.17) is 4.74 Å². The maximum atomic E-state index is 5.53. The van der Waals surface area contributed by atoms with Crippen LogP contribution < -0.4 is 5.32 Å². The van der Waals surface area contributed by atoms with Gasteiger partial charge in [0.05, 0.1) is 13.2 Å². The molecule has 2 atom stereocenters. The standard InChI is InChI=1S/C17H34N4O/c1-19-7-4-16(5-8-19)20(2)14-15-3-6-18-13-17(15)21-9-11-22-12-10-21/h15-18H,3-14H2,1-2H3. The van der Waals surface area contributed by atoms with Crippen molar-refractivity contribution in [3.8, 4) is 0 Å². The van der Waals surface area contributed by atoms with Crippen LogP contribution in [0.2, 0.25) is 0 Å². The van der Waals surface area contributed by atoms with E-state index in [2.05, 4.69) is 34.1 Å². The minimum atomic E-state index is 0.700. The summed E-state index contributed by atoms with van der Waals surface area (Å²) in [4.78, 5) is 7.80. The third-order valence-electron chi connectivity index (χ3n) is 5.94. The third kappa shape index (κ3) is 4.20. The number of likely N-dealkylation sites (tertiary alicyclic amines) is 1. The fourth-order valence-corrected chi connectivity index (χ4v) is 4.40. The average Bonchev–Trinajstić information content (AvgIpc) is 2.57. The molecule has 3 saturated heterocycles. The quantitative estimate of drug-likeness (QED) is 0.808. The van der Waals surface area contributed by atoms with Crippen LogP contribution in [-0.2, 0) is 4.74 Å². The van der Waals surface area contributed by atoms with E-state index in [1.54, 1.807) is 0 Å². The highest BCUT2D eigenvalue weighted by Gasteiger charge is 2.33. The van der Waals surface area contributed by atoms with E-state index in [0.717, 1.165) is 44.8 Å². The minimum absolute atomic E-state index is 0.700. The molecule has 0 spiro atoms. The van der Waals surface area contributed by atoms with Gasteiger partial charge in [-0.05, 0) is 58.9 Å². The molecule has 0 aromatic rings. The second-order valence-electron chi connectivity index (χ2n) is 7.44. The van der Waals surface area contributed by atoms with E-state index >= 15 is 0 Å². The largest absolute Gasteiger partial charge is 0.379 e. The number of hydrogen-bond acceptors (Lipinski definition) is 5. The zero-order valence-corrected chi connectivity index (χ0v) is 14.5. The first-order valence-electron chi connectivity index (χ1n) is 9.15. The molecule has 128 valence electrons. The summed E-state index contributed by atoms with van der Waals surface area (Å²) in [5.41, 5.74) is 0. The van der Waals surface area contributed by atoms with Gasteiger partial charge in [-0.25, -0.2) is 0 Å². The SMILES string of the molecule is CN1CCC(N(C)CC2CCNCC2N2CCOCC2)CC1. The molecule has 3 aliphatic rings. The summed E-state index contributed by atoms with van der Waals surface area (Å²) >= 11 is 0. The lowest BCUT2D eigenvalue weighted by Crippen LogP contribution is -2.57. The van der Waals surface area contributed by atoms with Crippen molar-refractivity contribution in [3.05, 3.63) is 0 Å². The zero-order chi connectivity index (χ0) is 15.4. The second kappa shape index (κ2) is 8.06. The molecule has 0 aromatic carbocycles. The summed E-state index contributed by atoms with van der Waals surface area (Å²) in [6, 6.07) is 1.49. The minimum Gasteiger partial charge on any atom is -0.379 e. The number of rotatable bonds is 4. The van der Waals surface area contributed by atoms with Crippen LogP contribution >= 0.6 is 0 Å². The van der Waals surface area contributed by atoms with Gasteiger partial charge in [-0.15, -0.1) is 0 Å². The molecule has 5 heteroatoms. The first-order valence-corrected chi connectivity index (χ1v) is 9.15. The van der Waals surface area contributed by atoms with Gasteiger partial charge in [-0.2, -0.15) is 0 Å². The number of nitrogens with zero attached hydrogens (tertiary/aromatic N) is 3. The summed E-state index contributed by atoms with van der Waals surface area (Å²) in [6.45, 7) is 10.2. The predicted octanol–water partition coefficient (Wildman–Crippen LogP) is 0.323. The summed E-state index contributed by atoms with van der Waals surface area (Å²) in [7, 11) is 4.60. The monoisotopic (exact) mass is 310 g/mol. The molecule has 0 bridgehead atoms. The van der Waals surface area contributed by atoms with E-state index in [1.807, 2.05) is 0 Å². The number of piperidine rings is 2. The van der Waals surface area contributed by atoms with E-state index in [9.17, 15) is 0 Å². The first kappa shape index (κ1) is 16.7. The molecule has 1 N–H and O–H groups in total. The van der Waals surface area contributed by atoms with Crippen molar-refractivity contribution in [2.24, 2.45) is 5.92 Å². The van der Waals surface area contributed by atoms with Gasteiger partial charge in [0.1, 0.15) is 0 Å². The molecule has 3 fully saturated rings. The van der Waals surface area contributed by atoms with Crippen molar-refractivity contribution in [3.63, 3.8) is 0 Å². The van der Waals surface area contributed by atoms with Crippen LogP contribution in [0.4, 0.5) is 0 Å². The molecule has 0 saturated carbocycles. The van der Waals surface area contributed by atoms with Crippen molar-refractivity contribution in [2.45, 2.75) is 31.3 Å². The number of ether oxygens (including phenoxy) is 1. The predicted molar refractivity (Wildman–Crippen MR) is 90.3 cm³/mol. The normalized spacial score (nSPS) is 33.4. The van der Waals surface area contributed by atoms with Crippen LogP contribution in [0, 0.1) is 5.92 Å². The van der Waals surface area contributed by atoms with Gasteiger partial charge in [0, 0.05) is 38.3 Å². The van der Waals surface area contributed by atoms with Crippen LogP contribution in [-0.4, -0.2) is 99.9 Å². The Hall–Kier alpha value is -0.200. The summed E-state index contributed by atoms with van der Waals surface area (Å²) in [5, 5.41) is 3.61. The van der Waals surface area contributed by atoms with Crippen LogP contribution in [0.5, 0.6) is 0 Å². The van der Waals surface area contributed by atoms with Gasteiger partial charge in [0.25, 0.3) is 0 Å². The van der Waals surface area contributed by atoms with E-state index < -0.39 is 0 Å². The van der Waals surface area contributed by atoms with Crippen molar-refractivity contribution in [2.75, 3.05) is 73.1 Å². The highest BCUT2D eigenvalue weighted by Crippen LogP contribution is 2.23. The lowest BCUT2D eigenvalue weighted by molar-refractivity contribution is -0.0107. The first-order chi connectivity index (χ1) is 10.7. The van der Waals surface area contributed by atoms with Gasteiger partial charge in [0.15, 0.2) is 0 Å². The summed E-state index contributed by atoms with van der Waals surface area (Å²) in [5.74, 6) is 0.809. The Morgan fingerprint density at radius 3 is 2.55 bits per heavy atom. The highest BCUT2D eigenvalue weighted by molar-refractivity contribution is 4.89. The molecule has 0 aliphatic carbocycles. The number of morpholine rings is 1. The highest BCUT2D eigenvalue weighted by atomic mass is 16.5. The van der Waals surface area contributed by atoms with Crippen molar-refractivity contribution >= 4 is 0 Å². The van der Waals surface area contributed by atoms with E-state index in [0.29, 0.717) is 6.04 Å². The summed E-state index contributed by atoms with van der Waals surface area (Å²) in [6.07, 6.45) is 3.99. The molecular weight excluding hydrogens is 276 g/mol. The van der Waals surface area contributed by atoms with E-state index in [1.165, 1.54) is 45.4 Å². The summed E-state index contributed by atoms with van der Waals surface area (Å²) < 4.78 is 5.53. The molecule has 3 rings (SSSR count). The van der Waals surface area contributed by atoms with Crippen LogP contribution in [0.1, 0.15) is 19.3 Å². The molecule has 0 aromatic heterocycles. The Morgan fingerprint density at radius 1 is 1.09 bits per heavy atom. The fraction of sp³-hybridized carbons (Fsp3) is 1.00. The van der Waals surface area contributed by atoms with Crippen LogP contribution in [0.15, 0.2) is 0 Å². The van der Waals surface area contributed by atoms with Crippen molar-refractivity contribution in [1.29, 1.82) is 0 Å². The lowest BCUT2D eigenvalue weighted by Gasteiger charge is -2.44. The van der Waals surface area contributed by atoms with Gasteiger partial charge < -0.3 is 19.9 Å². The van der Waals surface area contributed by atoms with E-state index in [-0.39, 0.29) is 0 Å². The fourth-order valence-electron chi connectivity index (χ4n) is 4.40. The molecule has 2 unspecified atom stereocenters. The van der Waals surface area contributed by atoms with Crippen molar-refractivity contribution in [1.82, 2.24) is 20.0 Å². The van der Waals surface area contributed by atoms with Crippen molar-refractivity contribution < 1.29 is 4.74 Å². The Kier molecular flexibility index (Phi) is 6.10. The Balaban J connectivity index is 1.54. The van der Waals surface area contributed by atoms with Crippen LogP contribution in [0.3, 0.4) is 0 Å². The lowest BCUT2D eigenvalue weighted by atomic mass is 9.89. The topological polar surface area (TPSA) is 31.0 Å². The third-order valence-corrected chi connectivity index (χ3v) is 5.94. The maximum Gasteiger partial charge on any atom is 0.0594 e. The second-order valence-corrected chi connectivity index (χ2v) is 7.44. The molecule has 0 amide bonds. The molecule has 3 heterocycles. The van der Waals surface area contributed by atoms with Gasteiger partial charge in [-0.3, -0.25) is 4.90 Å². The molecule has 0 radical (unpaired) electrons. The number of hydrogen-bond donors (Lipinski definition) is 1. The van der Waals surface area contributed by atoms with Gasteiger partial charge >= 0.3 is 0 Å². The molecule has 22 heavy (non-hydrogen) atoms. The maximum absolute atomic E-state index is 5.53. The Morgan fingerprint density at radius 2 is 1.82 bits per heavy atom. The Labute approximate surface area is 136 Å². The molecule has 5 nitrogen and oxygen atoms in total. The molecule has 3 aliphatic heterocycles. The van der Waals surface area contributed by atoms with Gasteiger partial charge in [0.2, 0.25) is 0 Å². The Bertz CT molecular complexity index is 327.